The van der Waals surface area contributed by atoms with Gasteiger partial charge < -0.3 is 20.1 Å². The number of hydrogen-bond donors (Lipinski definition) is 2. The van der Waals surface area contributed by atoms with Crippen molar-refractivity contribution in [1.82, 2.24) is 5.32 Å². The van der Waals surface area contributed by atoms with Crippen LogP contribution in [-0.2, 0) is 4.79 Å². The van der Waals surface area contributed by atoms with E-state index in [0.29, 0.717) is 18.0 Å². The van der Waals surface area contributed by atoms with Crippen molar-refractivity contribution in [2.75, 3.05) is 18.4 Å². The average Bonchev–Trinajstić information content (AvgIpc) is 2.73. The monoisotopic (exact) mass is 334 g/mol. The Bertz CT molecular complexity index is 551. The van der Waals surface area contributed by atoms with Crippen molar-refractivity contribution in [2.45, 2.75) is 25.6 Å². The van der Waals surface area contributed by atoms with Gasteiger partial charge in [0.2, 0.25) is 5.91 Å². The third-order valence-electron chi connectivity index (χ3n) is 3.62. The molecule has 122 valence electrons. The molecule has 2 aliphatic rings. The Hall–Kier alpha value is -1.60. The summed E-state index contributed by atoms with van der Waals surface area (Å²) in [6, 6.07) is 4.22. The predicted molar refractivity (Wildman–Crippen MR) is 78.7 cm³/mol. The highest BCUT2D eigenvalue weighted by atomic mass is 35.5. The zero-order chi connectivity index (χ0) is 14.9. The molecule has 2 N–H and O–H groups in total. The molecule has 0 saturated carbocycles. The summed E-state index contributed by atoms with van der Waals surface area (Å²) in [5.41, 5.74) is 0.425. The van der Waals surface area contributed by atoms with Crippen LogP contribution in [0.2, 0.25) is 0 Å². The molecule has 0 atom stereocenters. The summed E-state index contributed by atoms with van der Waals surface area (Å²) in [6.45, 7) is 1.86. The van der Waals surface area contributed by atoms with Gasteiger partial charge in [0.1, 0.15) is 0 Å². The van der Waals surface area contributed by atoms with Crippen LogP contribution >= 0.6 is 12.4 Å². The molecule has 1 fully saturated rings. The molecule has 0 radical (unpaired) electrons. The van der Waals surface area contributed by atoms with Crippen LogP contribution in [0.4, 0.5) is 14.5 Å². The molecule has 0 aromatic heterocycles. The minimum Gasteiger partial charge on any atom is -0.395 e. The lowest BCUT2D eigenvalue weighted by Crippen LogP contribution is -2.30. The van der Waals surface area contributed by atoms with Gasteiger partial charge in [-0.25, -0.2) is 0 Å². The fourth-order valence-electron chi connectivity index (χ4n) is 2.59. The van der Waals surface area contributed by atoms with Gasteiger partial charge in [-0.1, -0.05) is 0 Å². The summed E-state index contributed by atoms with van der Waals surface area (Å²) in [5, 5.41) is 5.95. The van der Waals surface area contributed by atoms with E-state index in [1.54, 1.807) is 0 Å². The fourth-order valence-corrected chi connectivity index (χ4v) is 2.59. The summed E-state index contributed by atoms with van der Waals surface area (Å²) < 4.78 is 34.5. The zero-order valence-electron chi connectivity index (χ0n) is 11.7. The molecule has 2 aliphatic heterocycles. The normalized spacial score (nSPS) is 19.4. The lowest BCUT2D eigenvalue weighted by Gasteiger charge is -2.21. The van der Waals surface area contributed by atoms with E-state index in [2.05, 4.69) is 20.1 Å². The SMILES string of the molecule is Cl.O=C(CC1CCNCC1)Nc1ccc2c(c1)OC(F)(F)O2. The fraction of sp³-hybridized carbons (Fsp3) is 0.500. The van der Waals surface area contributed by atoms with Crippen LogP contribution in [0.25, 0.3) is 0 Å². The maximum Gasteiger partial charge on any atom is 0.586 e. The topological polar surface area (TPSA) is 59.6 Å². The second-order valence-electron chi connectivity index (χ2n) is 5.27. The van der Waals surface area contributed by atoms with E-state index in [1.165, 1.54) is 18.2 Å². The first-order chi connectivity index (χ1) is 10.0. The second-order valence-corrected chi connectivity index (χ2v) is 5.27. The van der Waals surface area contributed by atoms with Gasteiger partial charge in [-0.15, -0.1) is 21.2 Å². The molecule has 3 rings (SSSR count). The van der Waals surface area contributed by atoms with E-state index < -0.39 is 6.29 Å². The van der Waals surface area contributed by atoms with Gasteiger partial charge in [0.05, 0.1) is 0 Å². The van der Waals surface area contributed by atoms with Gasteiger partial charge in [-0.2, -0.15) is 0 Å². The molecule has 0 bridgehead atoms. The van der Waals surface area contributed by atoms with Gasteiger partial charge >= 0.3 is 6.29 Å². The third kappa shape index (κ3) is 3.98. The number of rotatable bonds is 3. The van der Waals surface area contributed by atoms with E-state index in [9.17, 15) is 13.6 Å². The standard InChI is InChI=1S/C14H16F2N2O3.ClH/c15-14(16)20-11-2-1-10(8-12(11)21-14)18-13(19)7-9-3-5-17-6-4-9;/h1-2,8-9,17H,3-7H2,(H,18,19);1H. The summed E-state index contributed by atoms with van der Waals surface area (Å²) in [4.78, 5) is 12.0. The Morgan fingerprint density at radius 3 is 2.68 bits per heavy atom. The summed E-state index contributed by atoms with van der Waals surface area (Å²) in [5.74, 6) is 0.146. The Labute approximate surface area is 132 Å². The van der Waals surface area contributed by atoms with Crippen molar-refractivity contribution < 1.29 is 23.0 Å². The van der Waals surface area contributed by atoms with Crippen molar-refractivity contribution >= 4 is 24.0 Å². The maximum atomic E-state index is 12.9. The van der Waals surface area contributed by atoms with Gasteiger partial charge in [0.25, 0.3) is 0 Å². The third-order valence-corrected chi connectivity index (χ3v) is 3.62. The smallest absolute Gasteiger partial charge is 0.395 e. The number of carbonyl (C=O) groups is 1. The number of ether oxygens (including phenoxy) is 2. The molecular weight excluding hydrogens is 318 g/mol. The number of halogens is 3. The highest BCUT2D eigenvalue weighted by Crippen LogP contribution is 2.42. The van der Waals surface area contributed by atoms with Gasteiger partial charge in [0.15, 0.2) is 11.5 Å². The van der Waals surface area contributed by atoms with Crippen molar-refractivity contribution in [1.29, 1.82) is 0 Å². The van der Waals surface area contributed by atoms with Crippen LogP contribution in [0.1, 0.15) is 19.3 Å². The molecule has 0 unspecified atom stereocenters. The number of benzene rings is 1. The molecule has 2 heterocycles. The minimum absolute atomic E-state index is 0. The maximum absolute atomic E-state index is 12.9. The number of fused-ring (bicyclic) bond motifs is 1. The Balaban J connectivity index is 0.00000176. The van der Waals surface area contributed by atoms with Crippen molar-refractivity contribution in [2.24, 2.45) is 5.92 Å². The molecule has 22 heavy (non-hydrogen) atoms. The lowest BCUT2D eigenvalue weighted by atomic mass is 9.94. The molecular formula is C14H17ClF2N2O3. The summed E-state index contributed by atoms with van der Waals surface area (Å²) >= 11 is 0. The van der Waals surface area contributed by atoms with Crippen LogP contribution in [0.15, 0.2) is 18.2 Å². The average molecular weight is 335 g/mol. The molecule has 0 spiro atoms. The summed E-state index contributed by atoms with van der Waals surface area (Å²) in [7, 11) is 0. The molecule has 1 aromatic rings. The molecule has 1 aromatic carbocycles. The first-order valence-corrected chi connectivity index (χ1v) is 6.92. The van der Waals surface area contributed by atoms with Crippen molar-refractivity contribution in [3.8, 4) is 11.5 Å². The van der Waals surface area contributed by atoms with Gasteiger partial charge in [0, 0.05) is 18.2 Å². The van der Waals surface area contributed by atoms with Crippen LogP contribution in [0.3, 0.4) is 0 Å². The summed E-state index contributed by atoms with van der Waals surface area (Å²) in [6.07, 6.45) is -1.26. The molecule has 1 amide bonds. The number of anilines is 1. The first-order valence-electron chi connectivity index (χ1n) is 6.92. The number of hydrogen-bond acceptors (Lipinski definition) is 4. The number of amides is 1. The van der Waals surface area contributed by atoms with E-state index >= 15 is 0 Å². The largest absolute Gasteiger partial charge is 0.586 e. The number of carbonyl (C=O) groups excluding carboxylic acids is 1. The number of alkyl halides is 2. The number of nitrogens with one attached hydrogen (secondary N) is 2. The van der Waals surface area contributed by atoms with Gasteiger partial charge in [-0.05, 0) is 44.0 Å². The number of piperidine rings is 1. The van der Waals surface area contributed by atoms with Gasteiger partial charge in [-0.3, -0.25) is 4.79 Å². The second kappa shape index (κ2) is 6.66. The highest BCUT2D eigenvalue weighted by Gasteiger charge is 2.43. The Morgan fingerprint density at radius 1 is 1.27 bits per heavy atom. The van der Waals surface area contributed by atoms with E-state index in [4.69, 9.17) is 0 Å². The molecule has 1 saturated heterocycles. The van der Waals surface area contributed by atoms with Crippen LogP contribution in [-0.4, -0.2) is 25.3 Å². The van der Waals surface area contributed by atoms with Crippen LogP contribution < -0.4 is 20.1 Å². The van der Waals surface area contributed by atoms with E-state index in [-0.39, 0.29) is 29.8 Å². The minimum atomic E-state index is -3.64. The van der Waals surface area contributed by atoms with E-state index in [0.717, 1.165) is 25.9 Å². The highest BCUT2D eigenvalue weighted by molar-refractivity contribution is 5.91. The first kappa shape index (κ1) is 16.8. The predicted octanol–water partition coefficient (Wildman–Crippen LogP) is 2.76. The Morgan fingerprint density at radius 2 is 1.95 bits per heavy atom. The molecule has 5 nitrogen and oxygen atoms in total. The van der Waals surface area contributed by atoms with Crippen LogP contribution in [0, 0.1) is 5.92 Å². The quantitative estimate of drug-likeness (QED) is 0.892. The van der Waals surface area contributed by atoms with Crippen molar-refractivity contribution in [3.05, 3.63) is 18.2 Å². The van der Waals surface area contributed by atoms with Crippen LogP contribution in [0.5, 0.6) is 11.5 Å². The molecule has 0 aliphatic carbocycles. The zero-order valence-corrected chi connectivity index (χ0v) is 12.6. The van der Waals surface area contributed by atoms with Crippen molar-refractivity contribution in [3.63, 3.8) is 0 Å². The lowest BCUT2D eigenvalue weighted by molar-refractivity contribution is -0.286. The molecule has 8 heteroatoms. The van der Waals surface area contributed by atoms with E-state index in [1.807, 2.05) is 0 Å². The Kier molecular flexibility index (Phi) is 5.08.